The molecule has 1 rings (SSSR count). The first-order chi connectivity index (χ1) is 5.61. The Morgan fingerprint density at radius 2 is 2.42 bits per heavy atom. The van der Waals surface area contributed by atoms with Gasteiger partial charge in [0.15, 0.2) is 0 Å². The second-order valence-electron chi connectivity index (χ2n) is 2.39. The van der Waals surface area contributed by atoms with Gasteiger partial charge < -0.3 is 10.1 Å². The highest BCUT2D eigenvalue weighted by atomic mass is 16.4. The van der Waals surface area contributed by atoms with Crippen LogP contribution in [-0.4, -0.2) is 21.0 Å². The molecule has 1 aromatic rings. The number of H-pyrrole nitrogens is 1. The fourth-order valence-corrected chi connectivity index (χ4v) is 0.768. The fourth-order valence-electron chi connectivity index (χ4n) is 0.768. The third-order valence-electron chi connectivity index (χ3n) is 1.53. The molecule has 0 aromatic carbocycles. The Kier molecular flexibility index (Phi) is 2.23. The van der Waals surface area contributed by atoms with Crippen LogP contribution >= 0.6 is 0 Å². The van der Waals surface area contributed by atoms with E-state index < -0.39 is 17.6 Å². The molecule has 1 aromatic heterocycles. The minimum absolute atomic E-state index is 0.363. The third-order valence-corrected chi connectivity index (χ3v) is 1.53. The van der Waals surface area contributed by atoms with E-state index in [1.54, 1.807) is 0 Å². The molecular formula is C7H8N2O3. The van der Waals surface area contributed by atoms with E-state index in [0.717, 1.165) is 0 Å². The second kappa shape index (κ2) is 3.17. The summed E-state index contributed by atoms with van der Waals surface area (Å²) in [4.78, 5) is 26.8. The average Bonchev–Trinajstić information content (AvgIpc) is 2.03. The Morgan fingerprint density at radius 1 is 1.75 bits per heavy atom. The number of nitrogens with one attached hydrogen (secondary N) is 1. The number of carbonyl (C=O) groups is 1. The van der Waals surface area contributed by atoms with Crippen LogP contribution in [0.5, 0.6) is 0 Å². The zero-order chi connectivity index (χ0) is 9.14. The van der Waals surface area contributed by atoms with Gasteiger partial charge in [-0.2, -0.15) is 0 Å². The summed E-state index contributed by atoms with van der Waals surface area (Å²) < 4.78 is 0. The highest BCUT2D eigenvalue weighted by molar-refractivity contribution is 5.74. The minimum atomic E-state index is -0.975. The van der Waals surface area contributed by atoms with Gasteiger partial charge in [-0.05, 0) is 13.0 Å². The largest absolute Gasteiger partial charge is 0.481 e. The molecule has 12 heavy (non-hydrogen) atoms. The molecule has 1 heterocycles. The maximum absolute atomic E-state index is 10.7. The molecule has 1 atom stereocenters. The van der Waals surface area contributed by atoms with Gasteiger partial charge in [-0.25, -0.2) is 9.78 Å². The number of aromatic nitrogens is 2. The molecule has 2 N–H and O–H groups in total. The number of carboxylic acid groups (broad SMARTS) is 1. The lowest BCUT2D eigenvalue weighted by Gasteiger charge is -2.03. The summed E-state index contributed by atoms with van der Waals surface area (Å²) in [6.45, 7) is 1.49. The van der Waals surface area contributed by atoms with Gasteiger partial charge in [0.25, 0.3) is 0 Å². The van der Waals surface area contributed by atoms with Crippen LogP contribution < -0.4 is 5.69 Å². The van der Waals surface area contributed by atoms with Crippen molar-refractivity contribution in [2.45, 2.75) is 12.8 Å². The lowest BCUT2D eigenvalue weighted by Crippen LogP contribution is -2.16. The minimum Gasteiger partial charge on any atom is -0.481 e. The Hall–Kier alpha value is -1.65. The molecule has 0 aliphatic carbocycles. The van der Waals surface area contributed by atoms with Crippen molar-refractivity contribution >= 4 is 5.97 Å². The average molecular weight is 168 g/mol. The van der Waals surface area contributed by atoms with Gasteiger partial charge in [0, 0.05) is 11.9 Å². The molecule has 0 spiro atoms. The van der Waals surface area contributed by atoms with Crippen molar-refractivity contribution in [2.24, 2.45) is 0 Å². The molecule has 0 aliphatic rings. The van der Waals surface area contributed by atoms with Crippen molar-refractivity contribution in [2.75, 3.05) is 0 Å². The van der Waals surface area contributed by atoms with Crippen LogP contribution in [0.3, 0.4) is 0 Å². The zero-order valence-corrected chi connectivity index (χ0v) is 6.44. The summed E-state index contributed by atoms with van der Waals surface area (Å²) in [5.41, 5.74) is -0.164. The topological polar surface area (TPSA) is 83.0 Å². The summed E-state index contributed by atoms with van der Waals surface area (Å²) in [6.07, 6.45) is 1.29. The van der Waals surface area contributed by atoms with Crippen LogP contribution in [0.25, 0.3) is 0 Å². The number of hydrogen-bond donors (Lipinski definition) is 2. The summed E-state index contributed by atoms with van der Waals surface area (Å²) >= 11 is 0. The number of carboxylic acids is 1. The van der Waals surface area contributed by atoms with Gasteiger partial charge in [0.1, 0.15) is 0 Å². The van der Waals surface area contributed by atoms with E-state index in [-0.39, 0.29) is 0 Å². The number of rotatable bonds is 2. The van der Waals surface area contributed by atoms with Gasteiger partial charge in [-0.1, -0.05) is 0 Å². The summed E-state index contributed by atoms with van der Waals surface area (Å²) in [5.74, 6) is -1.68. The predicted molar refractivity (Wildman–Crippen MR) is 40.9 cm³/mol. The molecule has 64 valence electrons. The monoisotopic (exact) mass is 168 g/mol. The highest BCUT2D eigenvalue weighted by Gasteiger charge is 2.13. The van der Waals surface area contributed by atoms with Crippen LogP contribution in [0.2, 0.25) is 0 Å². The van der Waals surface area contributed by atoms with Gasteiger partial charge in [-0.3, -0.25) is 4.79 Å². The third kappa shape index (κ3) is 1.69. The molecule has 0 aliphatic heterocycles. The second-order valence-corrected chi connectivity index (χ2v) is 2.39. The van der Waals surface area contributed by atoms with Gasteiger partial charge in [-0.15, -0.1) is 0 Å². The zero-order valence-electron chi connectivity index (χ0n) is 6.44. The van der Waals surface area contributed by atoms with Crippen molar-refractivity contribution < 1.29 is 9.90 Å². The van der Waals surface area contributed by atoms with E-state index in [2.05, 4.69) is 9.97 Å². The van der Waals surface area contributed by atoms with Crippen LogP contribution in [0.15, 0.2) is 17.1 Å². The van der Waals surface area contributed by atoms with E-state index in [4.69, 9.17) is 5.11 Å². The number of hydrogen-bond acceptors (Lipinski definition) is 3. The van der Waals surface area contributed by atoms with Gasteiger partial charge in [0.05, 0.1) is 5.92 Å². The van der Waals surface area contributed by atoms with E-state index in [1.165, 1.54) is 19.2 Å². The van der Waals surface area contributed by atoms with Crippen LogP contribution in [0, 0.1) is 0 Å². The molecule has 0 radical (unpaired) electrons. The Balaban J connectivity index is 3.03. The molecule has 0 fully saturated rings. The molecule has 5 heteroatoms. The lowest BCUT2D eigenvalue weighted by atomic mass is 10.1. The lowest BCUT2D eigenvalue weighted by molar-refractivity contribution is -0.138. The van der Waals surface area contributed by atoms with Crippen molar-refractivity contribution in [1.29, 1.82) is 0 Å². The predicted octanol–water partition coefficient (Wildman–Crippen LogP) is -0.0420. The van der Waals surface area contributed by atoms with E-state index in [1.807, 2.05) is 0 Å². The van der Waals surface area contributed by atoms with Crippen LogP contribution in [0.1, 0.15) is 18.5 Å². The number of aliphatic carboxylic acids is 1. The maximum atomic E-state index is 10.7. The molecule has 0 saturated carbocycles. The first-order valence-electron chi connectivity index (χ1n) is 3.39. The molecule has 5 nitrogen and oxygen atoms in total. The standard InChI is InChI=1S/C7H8N2O3/c1-4(6(10)11)5-2-3-8-7(12)9-5/h2-4H,1H3,(H,10,11)(H,8,9,12)/t4-/m0/s1. The molecule has 0 unspecified atom stereocenters. The van der Waals surface area contributed by atoms with Crippen molar-refractivity contribution in [3.63, 3.8) is 0 Å². The van der Waals surface area contributed by atoms with Gasteiger partial charge >= 0.3 is 11.7 Å². The molecule has 0 saturated heterocycles. The highest BCUT2D eigenvalue weighted by Crippen LogP contribution is 2.08. The van der Waals surface area contributed by atoms with E-state index in [0.29, 0.717) is 5.69 Å². The molecular weight excluding hydrogens is 160 g/mol. The Morgan fingerprint density at radius 3 is 2.92 bits per heavy atom. The van der Waals surface area contributed by atoms with Crippen molar-refractivity contribution in [3.8, 4) is 0 Å². The maximum Gasteiger partial charge on any atom is 0.345 e. The summed E-state index contributed by atoms with van der Waals surface area (Å²) in [5, 5.41) is 8.58. The SMILES string of the molecule is C[C@H](C(=O)O)c1ccnc(=O)[nH]1. The van der Waals surface area contributed by atoms with E-state index >= 15 is 0 Å². The normalized spacial score (nSPS) is 12.4. The Labute approximate surface area is 68.1 Å². The quantitative estimate of drug-likeness (QED) is 0.648. The number of aromatic amines is 1. The fraction of sp³-hybridized carbons (Fsp3) is 0.286. The van der Waals surface area contributed by atoms with Gasteiger partial charge in [0.2, 0.25) is 0 Å². The first kappa shape index (κ1) is 8.45. The molecule has 0 amide bonds. The van der Waals surface area contributed by atoms with Crippen LogP contribution in [-0.2, 0) is 4.79 Å². The van der Waals surface area contributed by atoms with Crippen molar-refractivity contribution in [1.82, 2.24) is 9.97 Å². The number of nitrogens with zero attached hydrogens (tertiary/aromatic N) is 1. The Bertz CT molecular complexity index is 345. The summed E-state index contributed by atoms with van der Waals surface area (Å²) in [7, 11) is 0. The van der Waals surface area contributed by atoms with Crippen molar-refractivity contribution in [3.05, 3.63) is 28.4 Å². The smallest absolute Gasteiger partial charge is 0.345 e. The first-order valence-corrected chi connectivity index (χ1v) is 3.39. The summed E-state index contributed by atoms with van der Waals surface area (Å²) in [6, 6.07) is 1.47. The van der Waals surface area contributed by atoms with Crippen LogP contribution in [0.4, 0.5) is 0 Å². The van der Waals surface area contributed by atoms with E-state index in [9.17, 15) is 9.59 Å². The molecule has 0 bridgehead atoms.